The molecule has 0 aliphatic carbocycles. The summed E-state index contributed by atoms with van der Waals surface area (Å²) >= 11 is 0. The highest BCUT2D eigenvalue weighted by molar-refractivity contribution is 7.92. The third-order valence-corrected chi connectivity index (χ3v) is 10.5. The van der Waals surface area contributed by atoms with Crippen molar-refractivity contribution in [3.8, 4) is 5.75 Å². The number of aromatic nitrogens is 4. The van der Waals surface area contributed by atoms with Crippen molar-refractivity contribution >= 4 is 66.7 Å². The van der Waals surface area contributed by atoms with Crippen LogP contribution < -0.4 is 24.6 Å². The molecule has 0 amide bonds. The number of hydrogen-bond acceptors (Lipinski definition) is 13. The first-order valence-corrected chi connectivity index (χ1v) is 18.2. The van der Waals surface area contributed by atoms with Gasteiger partial charge < -0.3 is 29.6 Å². The van der Waals surface area contributed by atoms with Gasteiger partial charge in [-0.1, -0.05) is 0 Å². The van der Waals surface area contributed by atoms with Gasteiger partial charge in [0.2, 0.25) is 16.0 Å². The molecular formula is C33H37F3N10O4S. The van der Waals surface area contributed by atoms with Gasteiger partial charge in [-0.3, -0.25) is 19.2 Å². The van der Waals surface area contributed by atoms with Crippen LogP contribution in [0.25, 0.3) is 22.1 Å². The fraction of sp³-hybridized carbons (Fsp3) is 0.394. The summed E-state index contributed by atoms with van der Waals surface area (Å²) in [6, 6.07) is 9.96. The van der Waals surface area contributed by atoms with Crippen LogP contribution in [0.3, 0.4) is 0 Å². The van der Waals surface area contributed by atoms with E-state index in [-0.39, 0.29) is 28.7 Å². The Labute approximate surface area is 292 Å². The van der Waals surface area contributed by atoms with Gasteiger partial charge in [-0.15, -0.1) is 13.2 Å². The van der Waals surface area contributed by atoms with Crippen LogP contribution in [-0.4, -0.2) is 110 Å². The van der Waals surface area contributed by atoms with Crippen LogP contribution in [0.4, 0.5) is 47.7 Å². The summed E-state index contributed by atoms with van der Waals surface area (Å²) in [5, 5.41) is 6.02. The minimum atomic E-state index is -4.95. The summed E-state index contributed by atoms with van der Waals surface area (Å²) < 4.78 is 77.7. The van der Waals surface area contributed by atoms with Crippen molar-refractivity contribution in [1.82, 2.24) is 29.7 Å². The molecule has 51 heavy (non-hydrogen) atoms. The molecule has 0 bridgehead atoms. The Bertz CT molecular complexity index is 2150. The van der Waals surface area contributed by atoms with Gasteiger partial charge in [0, 0.05) is 82.6 Å². The molecule has 0 atom stereocenters. The molecule has 5 aromatic rings. The van der Waals surface area contributed by atoms with E-state index in [1.165, 1.54) is 37.8 Å². The maximum Gasteiger partial charge on any atom is 0.573 e. The Morgan fingerprint density at radius 3 is 2.37 bits per heavy atom. The average Bonchev–Trinajstić information content (AvgIpc) is 3.57. The number of piperazine rings is 1. The second-order valence-corrected chi connectivity index (χ2v) is 14.7. The number of rotatable bonds is 9. The number of fused-ring (bicyclic) bond motifs is 2. The van der Waals surface area contributed by atoms with Crippen LogP contribution in [0.5, 0.6) is 5.75 Å². The van der Waals surface area contributed by atoms with Crippen LogP contribution in [0.2, 0.25) is 0 Å². The fourth-order valence-corrected chi connectivity index (χ4v) is 7.07. The van der Waals surface area contributed by atoms with Crippen molar-refractivity contribution in [1.29, 1.82) is 0 Å². The van der Waals surface area contributed by atoms with E-state index in [0.29, 0.717) is 47.1 Å². The summed E-state index contributed by atoms with van der Waals surface area (Å²) in [6.07, 6.45) is 2.28. The lowest BCUT2D eigenvalue weighted by molar-refractivity contribution is -0.274. The molecule has 2 N–H and O–H groups in total. The van der Waals surface area contributed by atoms with Crippen LogP contribution in [0.15, 0.2) is 59.5 Å². The molecule has 5 heterocycles. The molecule has 2 aliphatic heterocycles. The number of anilines is 6. The molecule has 0 saturated carbocycles. The lowest BCUT2D eigenvalue weighted by atomic mass is 10.0. The van der Waals surface area contributed by atoms with E-state index in [4.69, 9.17) is 4.42 Å². The molecule has 2 fully saturated rings. The Balaban J connectivity index is 1.18. The number of piperidine rings is 1. The van der Waals surface area contributed by atoms with Crippen molar-refractivity contribution in [2.75, 3.05) is 79.5 Å². The van der Waals surface area contributed by atoms with E-state index in [9.17, 15) is 21.6 Å². The number of hydrogen-bond donors (Lipinski definition) is 2. The first kappa shape index (κ1) is 34.5. The minimum Gasteiger partial charge on any atom is -0.459 e. The monoisotopic (exact) mass is 726 g/mol. The molecule has 2 saturated heterocycles. The first-order valence-electron chi connectivity index (χ1n) is 16.4. The van der Waals surface area contributed by atoms with Gasteiger partial charge in [-0.05, 0) is 44.2 Å². The van der Waals surface area contributed by atoms with Gasteiger partial charge >= 0.3 is 6.36 Å². The molecule has 18 heteroatoms. The number of benzene rings is 2. The Kier molecular flexibility index (Phi) is 9.23. The summed E-state index contributed by atoms with van der Waals surface area (Å²) in [4.78, 5) is 24.5. The Morgan fingerprint density at radius 1 is 0.922 bits per heavy atom. The Hall–Kier alpha value is -4.94. The topological polar surface area (TPSA) is 145 Å². The van der Waals surface area contributed by atoms with Gasteiger partial charge in [0.25, 0.3) is 0 Å². The number of alkyl halides is 3. The Morgan fingerprint density at radius 2 is 1.65 bits per heavy atom. The highest BCUT2D eigenvalue weighted by Gasteiger charge is 2.33. The van der Waals surface area contributed by atoms with Crippen molar-refractivity contribution in [3.63, 3.8) is 0 Å². The van der Waals surface area contributed by atoms with E-state index in [1.807, 2.05) is 0 Å². The molecule has 0 unspecified atom stereocenters. The van der Waals surface area contributed by atoms with E-state index in [0.717, 1.165) is 49.6 Å². The second kappa shape index (κ2) is 13.6. The first-order chi connectivity index (χ1) is 24.3. The van der Waals surface area contributed by atoms with Crippen LogP contribution >= 0.6 is 0 Å². The summed E-state index contributed by atoms with van der Waals surface area (Å²) in [5.41, 5.74) is 2.47. The SMILES string of the molecule is CN1CCN(C2CCN(c3ccc(Nc4nc(Nc5ccc6nccnc6c5N(C)S(C)(=O)=O)c5occc5n4)c(OC(F)(F)F)c3)CC2)CC1. The number of ether oxygens (including phenoxy) is 1. The molecule has 270 valence electrons. The number of furan rings is 1. The van der Waals surface area contributed by atoms with E-state index in [2.05, 4.69) is 57.1 Å². The number of halogens is 3. The quantitative estimate of drug-likeness (QED) is 0.206. The number of likely N-dealkylation sites (N-methyl/N-ethyl adjacent to an activating group) is 1. The lowest BCUT2D eigenvalue weighted by Crippen LogP contribution is -2.52. The maximum atomic E-state index is 13.7. The van der Waals surface area contributed by atoms with Crippen molar-refractivity contribution in [2.24, 2.45) is 0 Å². The van der Waals surface area contributed by atoms with Crippen LogP contribution in [0.1, 0.15) is 12.8 Å². The van der Waals surface area contributed by atoms with Gasteiger partial charge in [-0.25, -0.2) is 13.4 Å². The summed E-state index contributed by atoms with van der Waals surface area (Å²) in [5.74, 6) is -0.369. The van der Waals surface area contributed by atoms with Crippen LogP contribution in [-0.2, 0) is 10.0 Å². The van der Waals surface area contributed by atoms with E-state index in [1.54, 1.807) is 24.3 Å². The molecule has 0 spiro atoms. The lowest BCUT2D eigenvalue weighted by Gasteiger charge is -2.42. The number of nitrogens with one attached hydrogen (secondary N) is 2. The molecule has 3 aromatic heterocycles. The highest BCUT2D eigenvalue weighted by Crippen LogP contribution is 2.39. The molecule has 14 nitrogen and oxygen atoms in total. The predicted octanol–water partition coefficient (Wildman–Crippen LogP) is 5.16. The number of nitrogens with zero attached hydrogens (tertiary/aromatic N) is 8. The van der Waals surface area contributed by atoms with Crippen molar-refractivity contribution in [3.05, 3.63) is 55.1 Å². The van der Waals surface area contributed by atoms with Gasteiger partial charge in [0.05, 0.1) is 29.4 Å². The minimum absolute atomic E-state index is 0.00401. The zero-order chi connectivity index (χ0) is 35.9. The maximum absolute atomic E-state index is 13.7. The van der Waals surface area contributed by atoms with Crippen molar-refractivity contribution < 1.29 is 30.7 Å². The summed E-state index contributed by atoms with van der Waals surface area (Å²) in [6.45, 7) is 5.52. The summed E-state index contributed by atoms with van der Waals surface area (Å²) in [7, 11) is -0.228. The highest BCUT2D eigenvalue weighted by atomic mass is 32.2. The number of sulfonamides is 1. The molecule has 2 aromatic carbocycles. The zero-order valence-corrected chi connectivity index (χ0v) is 29.0. The van der Waals surface area contributed by atoms with Gasteiger partial charge in [-0.2, -0.15) is 4.98 Å². The molecular weight excluding hydrogens is 689 g/mol. The molecule has 2 aliphatic rings. The van der Waals surface area contributed by atoms with Crippen molar-refractivity contribution in [2.45, 2.75) is 25.2 Å². The second-order valence-electron chi connectivity index (χ2n) is 12.7. The third kappa shape index (κ3) is 7.57. The van der Waals surface area contributed by atoms with Crippen LogP contribution in [0, 0.1) is 0 Å². The average molecular weight is 727 g/mol. The third-order valence-electron chi connectivity index (χ3n) is 9.30. The van der Waals surface area contributed by atoms with Gasteiger partial charge in [0.1, 0.15) is 16.7 Å². The fourth-order valence-electron chi connectivity index (χ4n) is 6.56. The predicted molar refractivity (Wildman–Crippen MR) is 189 cm³/mol. The van der Waals surface area contributed by atoms with Gasteiger partial charge in [0.15, 0.2) is 17.2 Å². The molecule has 7 rings (SSSR count). The smallest absolute Gasteiger partial charge is 0.459 e. The van der Waals surface area contributed by atoms with E-state index < -0.39 is 22.1 Å². The largest absolute Gasteiger partial charge is 0.573 e. The zero-order valence-electron chi connectivity index (χ0n) is 28.2. The van der Waals surface area contributed by atoms with E-state index >= 15 is 0 Å². The normalized spacial score (nSPS) is 16.9. The standard InChI is InChI=1S/C33H37F3N10O4S/c1-43-15-17-46(18-16-43)21-8-13-45(14-9-21)22-4-5-23(27(20-22)50-33(34,35)36)40-32-41-26-10-19-49-30(26)31(42-32)39-25-7-6-24-28(38-12-11-37-24)29(25)44(2)51(3,47)48/h4-7,10-12,19-21H,8-9,13-18H2,1-3H3,(H2,39,40,41,42). The molecule has 0 radical (unpaired) electrons.